The van der Waals surface area contributed by atoms with Crippen LogP contribution in [0.3, 0.4) is 0 Å². The fourth-order valence-electron chi connectivity index (χ4n) is 2.16. The van der Waals surface area contributed by atoms with Gasteiger partial charge in [-0.25, -0.2) is 0 Å². The van der Waals surface area contributed by atoms with Gasteiger partial charge < -0.3 is 10.8 Å². The molecule has 3 heteroatoms. The predicted octanol–water partition coefficient (Wildman–Crippen LogP) is 3.62. The predicted molar refractivity (Wildman–Crippen MR) is 81.4 cm³/mol. The number of phenolic OH excluding ortho intramolecular Hbond substituents is 1. The minimum absolute atomic E-state index is 0.112. The molecule has 0 atom stereocenters. The first kappa shape index (κ1) is 15.0. The van der Waals surface area contributed by atoms with Crippen molar-refractivity contribution in [3.63, 3.8) is 0 Å². The van der Waals surface area contributed by atoms with Gasteiger partial charge in [0.1, 0.15) is 10.7 Å². The lowest BCUT2D eigenvalue weighted by Crippen LogP contribution is -2.23. The second-order valence-electron chi connectivity index (χ2n) is 6.75. The van der Waals surface area contributed by atoms with Crippen molar-refractivity contribution in [1.29, 1.82) is 0 Å². The minimum atomic E-state index is -0.204. The van der Waals surface area contributed by atoms with Crippen LogP contribution in [0.4, 0.5) is 0 Å². The van der Waals surface area contributed by atoms with E-state index >= 15 is 0 Å². The molecule has 0 saturated carbocycles. The van der Waals surface area contributed by atoms with Gasteiger partial charge in [-0.05, 0) is 16.4 Å². The van der Waals surface area contributed by atoms with Crippen LogP contribution in [0.15, 0.2) is 12.1 Å². The highest BCUT2D eigenvalue weighted by atomic mass is 32.1. The van der Waals surface area contributed by atoms with Crippen molar-refractivity contribution in [2.45, 2.75) is 52.4 Å². The van der Waals surface area contributed by atoms with E-state index in [9.17, 15) is 5.11 Å². The van der Waals surface area contributed by atoms with Crippen LogP contribution in [0.5, 0.6) is 5.75 Å². The van der Waals surface area contributed by atoms with E-state index < -0.39 is 0 Å². The molecule has 0 fully saturated rings. The zero-order valence-electron chi connectivity index (χ0n) is 12.1. The Hall–Kier alpha value is -1.09. The molecule has 0 amide bonds. The molecule has 100 valence electrons. The van der Waals surface area contributed by atoms with Crippen molar-refractivity contribution in [3.8, 4) is 5.75 Å². The summed E-state index contributed by atoms with van der Waals surface area (Å²) in [6.07, 6.45) is 0. The molecule has 0 aliphatic rings. The molecule has 0 heterocycles. The van der Waals surface area contributed by atoms with Gasteiger partial charge in [0.15, 0.2) is 0 Å². The van der Waals surface area contributed by atoms with Gasteiger partial charge in [0.25, 0.3) is 0 Å². The molecule has 0 aliphatic heterocycles. The molecule has 0 aliphatic carbocycles. The van der Waals surface area contributed by atoms with E-state index in [4.69, 9.17) is 18.0 Å². The summed E-state index contributed by atoms with van der Waals surface area (Å²) < 4.78 is 0. The van der Waals surface area contributed by atoms with Crippen LogP contribution in [0.25, 0.3) is 0 Å². The van der Waals surface area contributed by atoms with Crippen molar-refractivity contribution in [2.24, 2.45) is 5.73 Å². The Kier molecular flexibility index (Phi) is 3.78. The van der Waals surface area contributed by atoms with Gasteiger partial charge in [0.05, 0.1) is 0 Å². The summed E-state index contributed by atoms with van der Waals surface area (Å²) in [5.74, 6) is 0.320. The summed E-state index contributed by atoms with van der Waals surface area (Å²) in [7, 11) is 0. The molecular weight excluding hydrogens is 242 g/mol. The van der Waals surface area contributed by atoms with Crippen molar-refractivity contribution in [3.05, 3.63) is 28.8 Å². The minimum Gasteiger partial charge on any atom is -0.507 e. The number of rotatable bonds is 1. The Morgan fingerprint density at radius 3 is 1.89 bits per heavy atom. The third-order valence-corrected chi connectivity index (χ3v) is 3.22. The number of aromatic hydroxyl groups is 1. The monoisotopic (exact) mass is 265 g/mol. The van der Waals surface area contributed by atoms with Gasteiger partial charge in [-0.2, -0.15) is 0 Å². The van der Waals surface area contributed by atoms with E-state index in [1.807, 2.05) is 12.1 Å². The molecule has 0 radical (unpaired) electrons. The topological polar surface area (TPSA) is 46.2 Å². The maximum Gasteiger partial charge on any atom is 0.123 e. The fourth-order valence-corrected chi connectivity index (χ4v) is 2.33. The Morgan fingerprint density at radius 2 is 1.56 bits per heavy atom. The molecule has 0 unspecified atom stereocenters. The Morgan fingerprint density at radius 1 is 1.06 bits per heavy atom. The zero-order valence-corrected chi connectivity index (χ0v) is 12.9. The number of hydrogen-bond donors (Lipinski definition) is 2. The van der Waals surface area contributed by atoms with Crippen LogP contribution in [0.1, 0.15) is 58.2 Å². The zero-order chi connectivity index (χ0) is 14.3. The Balaban J connectivity index is 3.67. The van der Waals surface area contributed by atoms with Crippen LogP contribution in [-0.2, 0) is 10.8 Å². The highest BCUT2D eigenvalue weighted by molar-refractivity contribution is 7.80. The molecule has 0 aromatic heterocycles. The van der Waals surface area contributed by atoms with E-state index in [-0.39, 0.29) is 10.8 Å². The number of phenols is 1. The van der Waals surface area contributed by atoms with E-state index in [2.05, 4.69) is 41.5 Å². The number of nitrogens with two attached hydrogens (primary N) is 1. The van der Waals surface area contributed by atoms with Crippen molar-refractivity contribution < 1.29 is 5.11 Å². The van der Waals surface area contributed by atoms with Crippen LogP contribution >= 0.6 is 12.2 Å². The summed E-state index contributed by atoms with van der Waals surface area (Å²) >= 11 is 5.08. The third kappa shape index (κ3) is 2.83. The number of hydrogen-bond acceptors (Lipinski definition) is 2. The third-order valence-electron chi connectivity index (χ3n) is 3.00. The maximum atomic E-state index is 10.6. The molecule has 0 spiro atoms. The van der Waals surface area contributed by atoms with Gasteiger partial charge in [-0.15, -0.1) is 0 Å². The van der Waals surface area contributed by atoms with Crippen LogP contribution in [0, 0.1) is 0 Å². The van der Waals surface area contributed by atoms with Crippen LogP contribution in [-0.4, -0.2) is 10.1 Å². The Bertz CT molecular complexity index is 478. The summed E-state index contributed by atoms with van der Waals surface area (Å²) in [5, 5.41) is 10.6. The van der Waals surface area contributed by atoms with E-state index in [0.29, 0.717) is 10.7 Å². The molecule has 2 nitrogen and oxygen atoms in total. The van der Waals surface area contributed by atoms with Gasteiger partial charge in [0.2, 0.25) is 0 Å². The quantitative estimate of drug-likeness (QED) is 0.762. The molecule has 1 rings (SSSR count). The molecule has 0 bridgehead atoms. The second kappa shape index (κ2) is 4.54. The number of thiocarbonyl (C=S) groups is 1. The summed E-state index contributed by atoms with van der Waals surface area (Å²) in [6, 6.07) is 3.84. The second-order valence-corrected chi connectivity index (χ2v) is 7.19. The lowest BCUT2D eigenvalue weighted by Gasteiger charge is -2.29. The van der Waals surface area contributed by atoms with Crippen LogP contribution < -0.4 is 5.73 Å². The first-order valence-electron chi connectivity index (χ1n) is 6.13. The lowest BCUT2D eigenvalue weighted by atomic mass is 9.77. The SMILES string of the molecule is CC(C)(C)c1ccc(C(N)=S)c(C(C)(C)C)c1O. The molecule has 1 aromatic rings. The standard InChI is InChI=1S/C15H23NOS/c1-14(2,3)10-8-7-9(13(16)18)11(12(10)17)15(4,5)6/h7-8,17H,1-6H3,(H2,16,18). The van der Waals surface area contributed by atoms with Crippen molar-refractivity contribution >= 4 is 17.2 Å². The smallest absolute Gasteiger partial charge is 0.123 e. The van der Waals surface area contributed by atoms with Gasteiger partial charge >= 0.3 is 0 Å². The van der Waals surface area contributed by atoms with Gasteiger partial charge in [-0.1, -0.05) is 65.9 Å². The summed E-state index contributed by atoms with van der Waals surface area (Å²) in [5.41, 5.74) is 7.97. The molecular formula is C15H23NOS. The molecule has 1 aromatic carbocycles. The van der Waals surface area contributed by atoms with E-state index in [1.165, 1.54) is 0 Å². The summed E-state index contributed by atoms with van der Waals surface area (Å²) in [4.78, 5) is 0.329. The largest absolute Gasteiger partial charge is 0.507 e. The highest BCUT2D eigenvalue weighted by Crippen LogP contribution is 2.40. The first-order valence-corrected chi connectivity index (χ1v) is 6.54. The van der Waals surface area contributed by atoms with Crippen molar-refractivity contribution in [2.75, 3.05) is 0 Å². The Labute approximate surface area is 115 Å². The normalized spacial score (nSPS) is 12.6. The lowest BCUT2D eigenvalue weighted by molar-refractivity contribution is 0.423. The fraction of sp³-hybridized carbons (Fsp3) is 0.533. The summed E-state index contributed by atoms with van der Waals surface area (Å²) in [6.45, 7) is 12.4. The van der Waals surface area contributed by atoms with E-state index in [0.717, 1.165) is 16.7 Å². The first-order chi connectivity index (χ1) is 7.96. The van der Waals surface area contributed by atoms with Gasteiger partial charge in [0, 0.05) is 11.1 Å². The highest BCUT2D eigenvalue weighted by Gasteiger charge is 2.28. The average molecular weight is 265 g/mol. The maximum absolute atomic E-state index is 10.6. The molecule has 3 N–H and O–H groups in total. The average Bonchev–Trinajstić information content (AvgIpc) is 2.12. The molecule has 0 saturated heterocycles. The molecule has 18 heavy (non-hydrogen) atoms. The van der Waals surface area contributed by atoms with Crippen molar-refractivity contribution in [1.82, 2.24) is 0 Å². The van der Waals surface area contributed by atoms with Crippen LogP contribution in [0.2, 0.25) is 0 Å². The van der Waals surface area contributed by atoms with E-state index in [1.54, 1.807) is 0 Å². The number of benzene rings is 1. The van der Waals surface area contributed by atoms with Gasteiger partial charge in [-0.3, -0.25) is 0 Å².